The van der Waals surface area contributed by atoms with Gasteiger partial charge in [-0.15, -0.1) is 0 Å². The molecule has 21 heavy (non-hydrogen) atoms. The van der Waals surface area contributed by atoms with Crippen LogP contribution in [0.3, 0.4) is 0 Å². The number of methoxy groups -OCH3 is 1. The van der Waals surface area contributed by atoms with Crippen LogP contribution in [0.5, 0.6) is 6.01 Å². The molecule has 5 nitrogen and oxygen atoms in total. The van der Waals surface area contributed by atoms with Crippen LogP contribution in [0.15, 0.2) is 6.20 Å². The zero-order valence-electron chi connectivity index (χ0n) is 13.3. The highest BCUT2D eigenvalue weighted by molar-refractivity contribution is 6.32. The van der Waals surface area contributed by atoms with Crippen LogP contribution in [0, 0.1) is 5.92 Å². The van der Waals surface area contributed by atoms with Gasteiger partial charge in [0.15, 0.2) is 5.82 Å². The Bertz CT molecular complexity index is 483. The molecule has 2 unspecified atom stereocenters. The Morgan fingerprint density at radius 3 is 2.90 bits per heavy atom. The summed E-state index contributed by atoms with van der Waals surface area (Å²) in [6.07, 6.45) is 6.53. The van der Waals surface area contributed by atoms with Crippen LogP contribution >= 0.6 is 11.6 Å². The van der Waals surface area contributed by atoms with E-state index in [2.05, 4.69) is 41.2 Å². The Morgan fingerprint density at radius 1 is 1.52 bits per heavy atom. The maximum absolute atomic E-state index is 6.17. The van der Waals surface area contributed by atoms with Gasteiger partial charge in [0, 0.05) is 12.1 Å². The van der Waals surface area contributed by atoms with Crippen LogP contribution in [-0.2, 0) is 0 Å². The molecule has 1 aliphatic carbocycles. The molecule has 0 bridgehead atoms. The van der Waals surface area contributed by atoms with E-state index in [1.54, 1.807) is 13.3 Å². The number of halogens is 1. The number of anilines is 1. The average molecular weight is 313 g/mol. The lowest BCUT2D eigenvalue weighted by molar-refractivity contribution is 0.0881. The Hall–Kier alpha value is -1.07. The molecule has 1 N–H and O–H groups in total. The van der Waals surface area contributed by atoms with Crippen molar-refractivity contribution in [2.45, 2.75) is 38.1 Å². The summed E-state index contributed by atoms with van der Waals surface area (Å²) in [5.74, 6) is 1.39. The third kappa shape index (κ3) is 3.77. The Morgan fingerprint density at radius 2 is 2.29 bits per heavy atom. The number of ether oxygens (including phenoxy) is 1. The number of hydrogen-bond acceptors (Lipinski definition) is 5. The van der Waals surface area contributed by atoms with Gasteiger partial charge < -0.3 is 15.0 Å². The maximum Gasteiger partial charge on any atom is 0.318 e. The lowest BCUT2D eigenvalue weighted by Crippen LogP contribution is -2.52. The summed E-state index contributed by atoms with van der Waals surface area (Å²) < 4.78 is 5.06. The second-order valence-corrected chi connectivity index (χ2v) is 6.63. The molecule has 1 fully saturated rings. The lowest BCUT2D eigenvalue weighted by atomic mass is 9.75. The van der Waals surface area contributed by atoms with Crippen LogP contribution in [-0.4, -0.2) is 48.2 Å². The van der Waals surface area contributed by atoms with E-state index in [9.17, 15) is 0 Å². The minimum atomic E-state index is 0.152. The van der Waals surface area contributed by atoms with Gasteiger partial charge in [0.05, 0.1) is 13.3 Å². The molecule has 0 amide bonds. The molecule has 2 rings (SSSR count). The van der Waals surface area contributed by atoms with Gasteiger partial charge in [0.1, 0.15) is 5.02 Å². The molecule has 1 saturated carbocycles. The van der Waals surface area contributed by atoms with Gasteiger partial charge in [-0.25, -0.2) is 4.98 Å². The number of nitrogens with zero attached hydrogens (tertiary/aromatic N) is 3. The lowest BCUT2D eigenvalue weighted by Gasteiger charge is -2.45. The monoisotopic (exact) mass is 312 g/mol. The minimum Gasteiger partial charge on any atom is -0.467 e. The largest absolute Gasteiger partial charge is 0.467 e. The Balaban J connectivity index is 2.12. The predicted octanol–water partition coefficient (Wildman–Crippen LogP) is 3.06. The molecular weight excluding hydrogens is 288 g/mol. The highest BCUT2D eigenvalue weighted by Crippen LogP contribution is 2.36. The van der Waals surface area contributed by atoms with Crippen LogP contribution in [0.25, 0.3) is 0 Å². The SMILES string of the molecule is COc1ncc(Cl)c(NCC2(N(C)C)CCCC(C)C2)n1. The first-order chi connectivity index (χ1) is 9.97. The van der Waals surface area contributed by atoms with Crippen LogP contribution < -0.4 is 10.1 Å². The van der Waals surface area contributed by atoms with E-state index in [0.29, 0.717) is 16.9 Å². The molecule has 2 atom stereocenters. The van der Waals surface area contributed by atoms with E-state index < -0.39 is 0 Å². The number of aromatic nitrogens is 2. The number of hydrogen-bond donors (Lipinski definition) is 1. The van der Waals surface area contributed by atoms with Crippen LogP contribution in [0.4, 0.5) is 5.82 Å². The Kier molecular flexibility index (Phi) is 5.27. The molecule has 0 spiro atoms. The molecule has 1 aliphatic rings. The van der Waals surface area contributed by atoms with Crippen LogP contribution in [0.2, 0.25) is 5.02 Å². The first-order valence-corrected chi connectivity index (χ1v) is 7.82. The third-order valence-electron chi connectivity index (χ3n) is 4.51. The highest BCUT2D eigenvalue weighted by atomic mass is 35.5. The van der Waals surface area contributed by atoms with Crippen molar-refractivity contribution < 1.29 is 4.74 Å². The number of likely N-dealkylation sites (N-methyl/N-ethyl adjacent to an activating group) is 1. The van der Waals surface area contributed by atoms with Crippen molar-refractivity contribution in [3.8, 4) is 6.01 Å². The van der Waals surface area contributed by atoms with Gasteiger partial charge in [-0.3, -0.25) is 0 Å². The van der Waals surface area contributed by atoms with Crippen molar-refractivity contribution in [1.29, 1.82) is 0 Å². The summed E-state index contributed by atoms with van der Waals surface area (Å²) in [6, 6.07) is 0.331. The molecule has 0 aliphatic heterocycles. The minimum absolute atomic E-state index is 0.152. The van der Waals surface area contributed by atoms with Crippen molar-refractivity contribution >= 4 is 17.4 Å². The number of nitrogens with one attached hydrogen (secondary N) is 1. The standard InChI is InChI=1S/C15H25ClN4O/c1-11-6-5-7-15(8-11,20(2)3)10-18-13-12(16)9-17-14(19-13)21-4/h9,11H,5-8,10H2,1-4H3,(H,17,18,19). The topological polar surface area (TPSA) is 50.3 Å². The normalized spacial score (nSPS) is 25.9. The second-order valence-electron chi connectivity index (χ2n) is 6.23. The van der Waals surface area contributed by atoms with Gasteiger partial charge in [0.2, 0.25) is 0 Å². The summed E-state index contributed by atoms with van der Waals surface area (Å²) in [5, 5.41) is 3.92. The van der Waals surface area contributed by atoms with Gasteiger partial charge >= 0.3 is 6.01 Å². The van der Waals surface area contributed by atoms with E-state index in [4.69, 9.17) is 16.3 Å². The molecule has 1 aromatic heterocycles. The molecular formula is C15H25ClN4O. The van der Waals surface area contributed by atoms with Crippen molar-refractivity contribution in [2.75, 3.05) is 33.1 Å². The van der Waals surface area contributed by atoms with E-state index >= 15 is 0 Å². The van der Waals surface area contributed by atoms with E-state index in [0.717, 1.165) is 12.5 Å². The zero-order chi connectivity index (χ0) is 15.5. The summed E-state index contributed by atoms with van der Waals surface area (Å²) in [7, 11) is 5.86. The molecule has 0 radical (unpaired) electrons. The molecule has 0 saturated heterocycles. The van der Waals surface area contributed by atoms with Crippen molar-refractivity contribution in [3.63, 3.8) is 0 Å². The molecule has 0 aromatic carbocycles. The van der Waals surface area contributed by atoms with E-state index in [1.165, 1.54) is 25.7 Å². The van der Waals surface area contributed by atoms with Gasteiger partial charge in [0.25, 0.3) is 0 Å². The highest BCUT2D eigenvalue weighted by Gasteiger charge is 2.36. The fourth-order valence-electron chi connectivity index (χ4n) is 3.18. The van der Waals surface area contributed by atoms with E-state index in [1.807, 2.05) is 0 Å². The molecule has 118 valence electrons. The Labute approximate surface area is 132 Å². The molecule has 6 heteroatoms. The number of rotatable bonds is 5. The van der Waals surface area contributed by atoms with Crippen molar-refractivity contribution in [2.24, 2.45) is 5.92 Å². The van der Waals surface area contributed by atoms with E-state index in [-0.39, 0.29) is 5.54 Å². The summed E-state index contributed by atoms with van der Waals surface area (Å²) in [5.41, 5.74) is 0.152. The van der Waals surface area contributed by atoms with Gasteiger partial charge in [-0.2, -0.15) is 4.98 Å². The summed E-state index contributed by atoms with van der Waals surface area (Å²) >= 11 is 6.17. The first kappa shape index (κ1) is 16.3. The smallest absolute Gasteiger partial charge is 0.318 e. The summed E-state index contributed by atoms with van der Waals surface area (Å²) in [6.45, 7) is 3.16. The zero-order valence-corrected chi connectivity index (χ0v) is 14.1. The average Bonchev–Trinajstić information content (AvgIpc) is 2.46. The van der Waals surface area contributed by atoms with Crippen molar-refractivity contribution in [1.82, 2.24) is 14.9 Å². The summed E-state index contributed by atoms with van der Waals surface area (Å²) in [4.78, 5) is 10.6. The molecule has 1 heterocycles. The van der Waals surface area contributed by atoms with Crippen molar-refractivity contribution in [3.05, 3.63) is 11.2 Å². The first-order valence-electron chi connectivity index (χ1n) is 7.45. The fourth-order valence-corrected chi connectivity index (χ4v) is 3.34. The molecule has 1 aromatic rings. The van der Waals surface area contributed by atoms with Gasteiger partial charge in [-0.1, -0.05) is 31.4 Å². The van der Waals surface area contributed by atoms with Gasteiger partial charge in [-0.05, 0) is 32.9 Å². The second kappa shape index (κ2) is 6.79. The van der Waals surface area contributed by atoms with Crippen LogP contribution in [0.1, 0.15) is 32.6 Å². The maximum atomic E-state index is 6.17. The third-order valence-corrected chi connectivity index (χ3v) is 4.78. The predicted molar refractivity (Wildman–Crippen MR) is 86.1 cm³/mol. The fraction of sp³-hybridized carbons (Fsp3) is 0.733. The quantitative estimate of drug-likeness (QED) is 0.905.